The summed E-state index contributed by atoms with van der Waals surface area (Å²) in [6, 6.07) is 13.1. The van der Waals surface area contributed by atoms with E-state index in [0.29, 0.717) is 41.2 Å². The highest BCUT2D eigenvalue weighted by molar-refractivity contribution is 6.04. The van der Waals surface area contributed by atoms with Gasteiger partial charge in [0.25, 0.3) is 5.91 Å². The second-order valence-corrected chi connectivity index (χ2v) is 8.96. The van der Waals surface area contributed by atoms with Crippen LogP contribution in [0.2, 0.25) is 0 Å². The van der Waals surface area contributed by atoms with Crippen molar-refractivity contribution in [1.82, 2.24) is 10.2 Å². The van der Waals surface area contributed by atoms with E-state index in [4.69, 9.17) is 14.2 Å². The number of carbonyl (C=O) groups excluding carboxylic acids is 3. The van der Waals surface area contributed by atoms with Crippen LogP contribution in [0.3, 0.4) is 0 Å². The maximum atomic E-state index is 13.0. The molecule has 1 aliphatic heterocycles. The summed E-state index contributed by atoms with van der Waals surface area (Å²) < 4.78 is 16.0. The van der Waals surface area contributed by atoms with Gasteiger partial charge in [0.15, 0.2) is 0 Å². The summed E-state index contributed by atoms with van der Waals surface area (Å²) in [7, 11) is 1.53. The third-order valence-corrected chi connectivity index (χ3v) is 6.17. The minimum atomic E-state index is -0.685. The minimum Gasteiger partial charge on any atom is -0.494 e. The van der Waals surface area contributed by atoms with Crippen LogP contribution in [0, 0.1) is 0 Å². The number of rotatable bonds is 13. The van der Waals surface area contributed by atoms with Crippen LogP contribution >= 0.6 is 0 Å². The van der Waals surface area contributed by atoms with Gasteiger partial charge >= 0.3 is 12.0 Å². The smallest absolute Gasteiger partial charge is 0.338 e. The van der Waals surface area contributed by atoms with Crippen LogP contribution in [-0.2, 0) is 14.3 Å². The van der Waals surface area contributed by atoms with Gasteiger partial charge in [0.05, 0.1) is 24.8 Å². The van der Waals surface area contributed by atoms with Crippen molar-refractivity contribution < 1.29 is 28.6 Å². The third-order valence-electron chi connectivity index (χ3n) is 6.17. The van der Waals surface area contributed by atoms with Crippen molar-refractivity contribution in [2.45, 2.75) is 46.1 Å². The van der Waals surface area contributed by atoms with Gasteiger partial charge in [-0.05, 0) is 61.7 Å². The molecule has 1 aliphatic rings. The van der Waals surface area contributed by atoms with E-state index in [2.05, 4.69) is 17.6 Å². The molecule has 0 saturated carbocycles. The normalized spacial score (nSPS) is 15.2. The number of esters is 1. The lowest BCUT2D eigenvalue weighted by Gasteiger charge is -2.35. The number of nitrogens with one attached hydrogen (secondary N) is 2. The monoisotopic (exact) mass is 523 g/mol. The summed E-state index contributed by atoms with van der Waals surface area (Å²) in [5.74, 6) is -0.0337. The van der Waals surface area contributed by atoms with Gasteiger partial charge in [-0.25, -0.2) is 9.59 Å². The fraction of sp³-hybridized carbons (Fsp3) is 0.414. The van der Waals surface area contributed by atoms with Crippen molar-refractivity contribution in [1.29, 1.82) is 0 Å². The number of benzene rings is 2. The van der Waals surface area contributed by atoms with E-state index >= 15 is 0 Å². The van der Waals surface area contributed by atoms with Crippen molar-refractivity contribution >= 4 is 23.6 Å². The third kappa shape index (κ3) is 7.35. The molecule has 0 aliphatic carbocycles. The summed E-state index contributed by atoms with van der Waals surface area (Å²) >= 11 is 0. The summed E-state index contributed by atoms with van der Waals surface area (Å²) in [5, 5.41) is 5.80. The lowest BCUT2D eigenvalue weighted by molar-refractivity contribution is -0.140. The molecule has 0 bridgehead atoms. The van der Waals surface area contributed by atoms with Crippen molar-refractivity contribution in [2.24, 2.45) is 0 Å². The molecule has 0 fully saturated rings. The summed E-state index contributed by atoms with van der Waals surface area (Å²) in [4.78, 5) is 40.1. The van der Waals surface area contributed by atoms with Crippen molar-refractivity contribution in [3.63, 3.8) is 0 Å². The standard InChI is InChI=1S/C29H37N3O6/c1-5-7-17-37-24-14-10-22(11-15-24)27(33)30-23-12-8-21(9-13-23)26-25(28(34)38-19-18-36-4)20(3)32(16-6-2)29(35)31-26/h8-15,26H,5-7,16-19H2,1-4H3,(H,30,33)(H,31,35)/t26-/m1/s1. The Morgan fingerprint density at radius 3 is 2.32 bits per heavy atom. The van der Waals surface area contributed by atoms with Gasteiger partial charge in [-0.1, -0.05) is 32.4 Å². The van der Waals surface area contributed by atoms with Gasteiger partial charge in [0.2, 0.25) is 0 Å². The number of hydrogen-bond acceptors (Lipinski definition) is 6. The number of nitrogens with zero attached hydrogens (tertiary/aromatic N) is 1. The molecule has 0 radical (unpaired) electrons. The molecule has 38 heavy (non-hydrogen) atoms. The number of unbranched alkanes of at least 4 members (excludes halogenated alkanes) is 1. The first kappa shape index (κ1) is 28.7. The quantitative estimate of drug-likeness (QED) is 0.281. The number of methoxy groups -OCH3 is 1. The average Bonchev–Trinajstić information content (AvgIpc) is 2.91. The molecular weight excluding hydrogens is 486 g/mol. The Labute approximate surface area is 224 Å². The average molecular weight is 524 g/mol. The summed E-state index contributed by atoms with van der Waals surface area (Å²) in [6.45, 7) is 7.33. The molecule has 1 heterocycles. The van der Waals surface area contributed by atoms with Crippen LogP contribution < -0.4 is 15.4 Å². The van der Waals surface area contributed by atoms with Gasteiger partial charge < -0.3 is 24.8 Å². The number of allylic oxidation sites excluding steroid dienone is 1. The first-order valence-electron chi connectivity index (χ1n) is 13.0. The van der Waals surface area contributed by atoms with Crippen LogP contribution in [0.4, 0.5) is 10.5 Å². The Hall–Kier alpha value is -3.85. The molecule has 2 aromatic carbocycles. The van der Waals surface area contributed by atoms with Crippen LogP contribution in [0.15, 0.2) is 59.8 Å². The topological polar surface area (TPSA) is 106 Å². The molecule has 2 N–H and O–H groups in total. The molecule has 2 aromatic rings. The largest absolute Gasteiger partial charge is 0.494 e. The van der Waals surface area contributed by atoms with Crippen LogP contribution in [0.25, 0.3) is 0 Å². The highest BCUT2D eigenvalue weighted by atomic mass is 16.6. The Balaban J connectivity index is 1.74. The Kier molecular flexibility index (Phi) is 10.7. The molecule has 0 unspecified atom stereocenters. The number of ether oxygens (including phenoxy) is 3. The zero-order chi connectivity index (χ0) is 27.5. The van der Waals surface area contributed by atoms with Crippen molar-refractivity contribution in [3.8, 4) is 5.75 Å². The second kappa shape index (κ2) is 14.2. The van der Waals surface area contributed by atoms with Crippen LogP contribution in [-0.4, -0.2) is 56.3 Å². The van der Waals surface area contributed by atoms with Gasteiger partial charge in [0.1, 0.15) is 12.4 Å². The molecule has 3 amide bonds. The molecule has 0 saturated heterocycles. The number of urea groups is 1. The number of anilines is 1. The van der Waals surface area contributed by atoms with Gasteiger partial charge in [-0.3, -0.25) is 9.69 Å². The summed E-state index contributed by atoms with van der Waals surface area (Å²) in [6.07, 6.45) is 2.77. The van der Waals surface area contributed by atoms with E-state index < -0.39 is 12.0 Å². The maximum absolute atomic E-state index is 13.0. The Bertz CT molecular complexity index is 1130. The predicted molar refractivity (Wildman–Crippen MR) is 145 cm³/mol. The fourth-order valence-electron chi connectivity index (χ4n) is 4.08. The number of carbonyl (C=O) groups is 3. The van der Waals surface area contributed by atoms with Crippen LogP contribution in [0.1, 0.15) is 62.0 Å². The molecule has 9 heteroatoms. The Morgan fingerprint density at radius 2 is 1.68 bits per heavy atom. The predicted octanol–water partition coefficient (Wildman–Crippen LogP) is 5.06. The first-order valence-corrected chi connectivity index (χ1v) is 13.0. The summed E-state index contributed by atoms with van der Waals surface area (Å²) in [5.41, 5.74) is 2.71. The van der Waals surface area contributed by atoms with E-state index in [1.807, 2.05) is 6.92 Å². The van der Waals surface area contributed by atoms with E-state index in [0.717, 1.165) is 25.0 Å². The van der Waals surface area contributed by atoms with E-state index in [1.165, 1.54) is 7.11 Å². The van der Waals surface area contributed by atoms with E-state index in [9.17, 15) is 14.4 Å². The molecule has 3 rings (SSSR count). The first-order chi connectivity index (χ1) is 18.4. The zero-order valence-electron chi connectivity index (χ0n) is 22.5. The van der Waals surface area contributed by atoms with Crippen molar-refractivity contribution in [3.05, 3.63) is 70.9 Å². The number of hydrogen-bond donors (Lipinski definition) is 2. The lowest BCUT2D eigenvalue weighted by Crippen LogP contribution is -2.48. The van der Waals surface area contributed by atoms with E-state index in [1.54, 1.807) is 60.4 Å². The minimum absolute atomic E-state index is 0.109. The SMILES string of the molecule is CCCCOc1ccc(C(=O)Nc2ccc([C@H]3NC(=O)N(CCC)C(C)=C3C(=O)OCCOC)cc2)cc1. The highest BCUT2D eigenvalue weighted by Gasteiger charge is 2.36. The second-order valence-electron chi connectivity index (χ2n) is 8.96. The Morgan fingerprint density at radius 1 is 0.974 bits per heavy atom. The molecule has 1 atom stereocenters. The van der Waals surface area contributed by atoms with Gasteiger partial charge in [-0.2, -0.15) is 0 Å². The maximum Gasteiger partial charge on any atom is 0.338 e. The van der Waals surface area contributed by atoms with Gasteiger partial charge in [-0.15, -0.1) is 0 Å². The highest BCUT2D eigenvalue weighted by Crippen LogP contribution is 2.32. The number of amides is 3. The molecule has 204 valence electrons. The van der Waals surface area contributed by atoms with Crippen LogP contribution in [0.5, 0.6) is 5.75 Å². The zero-order valence-corrected chi connectivity index (χ0v) is 22.5. The molecular formula is C29H37N3O6. The van der Waals surface area contributed by atoms with Crippen molar-refractivity contribution in [2.75, 3.05) is 38.8 Å². The fourth-order valence-corrected chi connectivity index (χ4v) is 4.08. The molecule has 0 aromatic heterocycles. The van der Waals surface area contributed by atoms with E-state index in [-0.39, 0.29) is 25.2 Å². The lowest BCUT2D eigenvalue weighted by atomic mass is 9.94. The molecule has 9 nitrogen and oxygen atoms in total. The molecule has 0 spiro atoms. The van der Waals surface area contributed by atoms with Gasteiger partial charge in [0, 0.05) is 30.6 Å².